The van der Waals surface area contributed by atoms with E-state index in [0.717, 1.165) is 25.7 Å². The van der Waals surface area contributed by atoms with Gasteiger partial charge in [-0.2, -0.15) is 0 Å². The van der Waals surface area contributed by atoms with E-state index in [2.05, 4.69) is 31.9 Å². The van der Waals surface area contributed by atoms with Crippen molar-refractivity contribution in [3.05, 3.63) is 0 Å². The van der Waals surface area contributed by atoms with Gasteiger partial charge in [-0.15, -0.1) is 0 Å². The summed E-state index contributed by atoms with van der Waals surface area (Å²) in [5, 5.41) is 0. The van der Waals surface area contributed by atoms with Gasteiger partial charge in [0.25, 0.3) is 0 Å². The molecule has 1 aliphatic heterocycles. The summed E-state index contributed by atoms with van der Waals surface area (Å²) >= 11 is 7.49. The van der Waals surface area contributed by atoms with E-state index >= 15 is 0 Å². The molecule has 17 heavy (non-hydrogen) atoms. The lowest BCUT2D eigenvalue weighted by atomic mass is 9.71. The van der Waals surface area contributed by atoms with E-state index in [-0.39, 0.29) is 17.2 Å². The molecule has 3 nitrogen and oxygen atoms in total. The molecule has 3 rings (SSSR count). The number of hydrogen-bond acceptors (Lipinski definition) is 2. The molecule has 4 atom stereocenters. The number of hydrogen-bond donors (Lipinski definition) is 0. The van der Waals surface area contributed by atoms with Crippen molar-refractivity contribution in [2.45, 2.75) is 59.3 Å². The summed E-state index contributed by atoms with van der Waals surface area (Å²) in [7, 11) is 1.49. The standard InChI is InChI=1S/C12H17Br2NO2/c1-17-10(16)15-11-4-2-3-5-12(11,15)7-9(14)8(13)6-11/h8-9H,2-7H2,1H3/t8-,9+,11-,12+,15?. The Morgan fingerprint density at radius 2 is 1.65 bits per heavy atom. The third kappa shape index (κ3) is 1.41. The zero-order chi connectivity index (χ0) is 12.3. The van der Waals surface area contributed by atoms with Crippen molar-refractivity contribution < 1.29 is 9.53 Å². The molecular formula is C12H17Br2NO2. The highest BCUT2D eigenvalue weighted by molar-refractivity contribution is 9.12. The number of rotatable bonds is 0. The lowest BCUT2D eigenvalue weighted by molar-refractivity contribution is 0.142. The fourth-order valence-corrected chi connectivity index (χ4v) is 5.64. The summed E-state index contributed by atoms with van der Waals surface area (Å²) in [5.74, 6) is 0. The highest BCUT2D eigenvalue weighted by Crippen LogP contribution is 2.68. The van der Waals surface area contributed by atoms with Gasteiger partial charge in [0.15, 0.2) is 0 Å². The molecule has 2 saturated carbocycles. The lowest BCUT2D eigenvalue weighted by Gasteiger charge is -2.35. The lowest BCUT2D eigenvalue weighted by Crippen LogP contribution is -2.41. The Morgan fingerprint density at radius 3 is 2.06 bits per heavy atom. The van der Waals surface area contributed by atoms with E-state index in [1.807, 2.05) is 4.90 Å². The predicted molar refractivity (Wildman–Crippen MR) is 72.8 cm³/mol. The molecule has 3 fully saturated rings. The van der Waals surface area contributed by atoms with Gasteiger partial charge in [-0.05, 0) is 25.7 Å². The zero-order valence-corrected chi connectivity index (χ0v) is 13.1. The second-order valence-corrected chi connectivity index (χ2v) is 7.87. The van der Waals surface area contributed by atoms with E-state index in [1.165, 1.54) is 20.0 Å². The molecule has 1 amide bonds. The molecule has 0 aromatic rings. The van der Waals surface area contributed by atoms with Crippen molar-refractivity contribution in [1.82, 2.24) is 4.90 Å². The summed E-state index contributed by atoms with van der Waals surface area (Å²) in [5.41, 5.74) is 0.188. The van der Waals surface area contributed by atoms with Crippen LogP contribution < -0.4 is 0 Å². The van der Waals surface area contributed by atoms with Crippen LogP contribution in [-0.4, -0.2) is 38.8 Å². The third-order valence-corrected chi connectivity index (χ3v) is 7.55. The number of likely N-dealkylation sites (tertiary alicyclic amines) is 1. The van der Waals surface area contributed by atoms with Gasteiger partial charge in [0.2, 0.25) is 0 Å². The molecular weight excluding hydrogens is 350 g/mol. The average Bonchev–Trinajstić information content (AvgIpc) is 2.90. The molecule has 5 heteroatoms. The molecule has 1 heterocycles. The monoisotopic (exact) mass is 365 g/mol. The van der Waals surface area contributed by atoms with Gasteiger partial charge >= 0.3 is 6.09 Å². The fraction of sp³-hybridized carbons (Fsp3) is 0.917. The highest BCUT2D eigenvalue weighted by atomic mass is 79.9. The quantitative estimate of drug-likeness (QED) is 0.485. The van der Waals surface area contributed by atoms with Gasteiger partial charge in [0, 0.05) is 9.65 Å². The van der Waals surface area contributed by atoms with Crippen molar-refractivity contribution in [2.75, 3.05) is 7.11 Å². The molecule has 3 aliphatic rings. The first-order chi connectivity index (χ1) is 8.07. The Labute approximate surface area is 119 Å². The van der Waals surface area contributed by atoms with Gasteiger partial charge < -0.3 is 4.74 Å². The maximum atomic E-state index is 12.0. The van der Waals surface area contributed by atoms with Crippen LogP contribution in [0.25, 0.3) is 0 Å². The molecule has 0 radical (unpaired) electrons. The van der Waals surface area contributed by atoms with E-state index in [1.54, 1.807) is 0 Å². The highest BCUT2D eigenvalue weighted by Gasteiger charge is 2.79. The van der Waals surface area contributed by atoms with Gasteiger partial charge in [0.05, 0.1) is 18.2 Å². The molecule has 0 bridgehead atoms. The SMILES string of the molecule is COC(=O)N1[C@@]23CCCC[C@@]12C[C@H](Br)[C@H](Br)C3. The molecule has 0 aromatic carbocycles. The number of carbonyl (C=O) groups excluding carboxylic acids is 1. The first-order valence-corrected chi connectivity index (χ1v) is 8.07. The summed E-state index contributed by atoms with van der Waals surface area (Å²) < 4.78 is 4.97. The molecule has 1 saturated heterocycles. The van der Waals surface area contributed by atoms with Crippen LogP contribution in [-0.2, 0) is 4.74 Å². The largest absolute Gasteiger partial charge is 0.453 e. The van der Waals surface area contributed by atoms with Crippen LogP contribution in [0.3, 0.4) is 0 Å². The minimum Gasteiger partial charge on any atom is -0.453 e. The summed E-state index contributed by atoms with van der Waals surface area (Å²) in [4.78, 5) is 14.9. The topological polar surface area (TPSA) is 29.3 Å². The maximum Gasteiger partial charge on any atom is 0.410 e. The molecule has 0 N–H and O–H groups in total. The van der Waals surface area contributed by atoms with E-state index in [4.69, 9.17) is 4.74 Å². The van der Waals surface area contributed by atoms with Crippen molar-refractivity contribution >= 4 is 38.0 Å². The Morgan fingerprint density at radius 1 is 1.18 bits per heavy atom. The first-order valence-electron chi connectivity index (χ1n) is 6.24. The first kappa shape index (κ1) is 12.3. The van der Waals surface area contributed by atoms with Crippen LogP contribution in [0.2, 0.25) is 0 Å². The predicted octanol–water partition coefficient (Wildman–Crippen LogP) is 3.44. The number of ether oxygens (including phenoxy) is 1. The Hall–Kier alpha value is 0.230. The molecule has 0 unspecified atom stereocenters. The average molecular weight is 367 g/mol. The second-order valence-electron chi connectivity index (χ2n) is 5.52. The van der Waals surface area contributed by atoms with Gasteiger partial charge in [0.1, 0.15) is 0 Å². The number of amides is 1. The van der Waals surface area contributed by atoms with Crippen LogP contribution in [0.1, 0.15) is 38.5 Å². The number of halogens is 2. The number of carbonyl (C=O) groups is 1. The van der Waals surface area contributed by atoms with Crippen LogP contribution in [0.4, 0.5) is 4.79 Å². The summed E-state index contributed by atoms with van der Waals surface area (Å²) in [6, 6.07) is 0. The molecule has 0 aromatic heterocycles. The third-order valence-electron chi connectivity index (χ3n) is 4.92. The summed E-state index contributed by atoms with van der Waals surface area (Å²) in [6.07, 6.45) is 6.74. The van der Waals surface area contributed by atoms with Gasteiger partial charge in [-0.3, -0.25) is 4.90 Å². The van der Waals surface area contributed by atoms with Crippen molar-refractivity contribution in [3.8, 4) is 0 Å². The smallest absolute Gasteiger partial charge is 0.410 e. The van der Waals surface area contributed by atoms with E-state index in [9.17, 15) is 4.79 Å². The zero-order valence-electron chi connectivity index (χ0n) is 9.92. The van der Waals surface area contributed by atoms with Gasteiger partial charge in [-0.25, -0.2) is 4.79 Å². The van der Waals surface area contributed by atoms with Crippen LogP contribution >= 0.6 is 31.9 Å². The normalized spacial score (nSPS) is 48.1. The van der Waals surface area contributed by atoms with Crippen LogP contribution in [0.15, 0.2) is 0 Å². The number of methoxy groups -OCH3 is 1. The number of nitrogens with zero attached hydrogens (tertiary/aromatic N) is 1. The number of alkyl halides is 2. The Balaban J connectivity index is 1.95. The Bertz CT molecular complexity index is 338. The molecule has 0 spiro atoms. The summed E-state index contributed by atoms with van der Waals surface area (Å²) in [6.45, 7) is 0. The fourth-order valence-electron chi connectivity index (χ4n) is 4.20. The van der Waals surface area contributed by atoms with Crippen LogP contribution in [0, 0.1) is 0 Å². The molecule has 2 aliphatic carbocycles. The Kier molecular flexibility index (Phi) is 2.79. The second kappa shape index (κ2) is 3.86. The van der Waals surface area contributed by atoms with Crippen molar-refractivity contribution in [2.24, 2.45) is 0 Å². The minimum absolute atomic E-state index is 0.0940. The van der Waals surface area contributed by atoms with Crippen LogP contribution in [0.5, 0.6) is 0 Å². The van der Waals surface area contributed by atoms with Gasteiger partial charge in [-0.1, -0.05) is 44.7 Å². The van der Waals surface area contributed by atoms with E-state index in [0.29, 0.717) is 9.65 Å². The van der Waals surface area contributed by atoms with Crippen molar-refractivity contribution in [3.63, 3.8) is 0 Å². The van der Waals surface area contributed by atoms with E-state index < -0.39 is 0 Å². The van der Waals surface area contributed by atoms with Crippen molar-refractivity contribution in [1.29, 1.82) is 0 Å². The molecule has 96 valence electrons. The minimum atomic E-state index is -0.131. The maximum absolute atomic E-state index is 12.0.